The van der Waals surface area contributed by atoms with Gasteiger partial charge in [0.05, 0.1) is 11.1 Å². The van der Waals surface area contributed by atoms with Crippen LogP contribution in [0.1, 0.15) is 0 Å². The fourth-order valence-corrected chi connectivity index (χ4v) is 2.00. The summed E-state index contributed by atoms with van der Waals surface area (Å²) in [5, 5.41) is 13.2. The quantitative estimate of drug-likeness (QED) is 0.853. The second kappa shape index (κ2) is 4.84. The molecule has 18 heavy (non-hydrogen) atoms. The number of ether oxygens (including phenoxy) is 1. The molecule has 0 bridgehead atoms. The number of rotatable bonds is 4. The maximum atomic E-state index is 11.2. The van der Waals surface area contributed by atoms with Crippen molar-refractivity contribution in [3.63, 3.8) is 0 Å². The molecule has 0 saturated carbocycles. The monoisotopic (exact) mass is 268 g/mol. The third-order valence-electron chi connectivity index (χ3n) is 2.24. The lowest BCUT2D eigenvalue weighted by Crippen LogP contribution is -2.11. The molecule has 1 aromatic heterocycles. The van der Waals surface area contributed by atoms with Gasteiger partial charge in [0, 0.05) is 12.7 Å². The Labute approximate surface area is 104 Å². The Kier molecular flexibility index (Phi) is 3.41. The van der Waals surface area contributed by atoms with Crippen molar-refractivity contribution >= 4 is 10.0 Å². The van der Waals surface area contributed by atoms with Gasteiger partial charge in [-0.2, -0.15) is 15.0 Å². The Hall–Kier alpha value is -1.77. The summed E-state index contributed by atoms with van der Waals surface area (Å²) in [4.78, 5) is 1.40. The zero-order valence-electron chi connectivity index (χ0n) is 9.65. The minimum atomic E-state index is -3.72. The van der Waals surface area contributed by atoms with E-state index >= 15 is 0 Å². The molecule has 96 valence electrons. The molecule has 0 unspecified atom stereocenters. The molecule has 0 spiro atoms. The first-order valence-electron chi connectivity index (χ1n) is 5.03. The number of hydrogen-bond donors (Lipinski definition) is 1. The molecule has 0 fully saturated rings. The van der Waals surface area contributed by atoms with Crippen molar-refractivity contribution in [2.45, 2.75) is 11.6 Å². The second-order valence-corrected chi connectivity index (χ2v) is 5.15. The lowest BCUT2D eigenvalue weighted by molar-refractivity contribution is 0.108. The first kappa shape index (κ1) is 12.7. The summed E-state index contributed by atoms with van der Waals surface area (Å²) in [6.45, 7) is 0.231. The molecular weight excluding hydrogens is 256 g/mol. The minimum Gasteiger partial charge on any atom is -0.361 e. The first-order valence-corrected chi connectivity index (χ1v) is 6.57. The average Bonchev–Trinajstić information content (AvgIpc) is 2.77. The number of aromatic nitrogens is 3. The van der Waals surface area contributed by atoms with Crippen LogP contribution >= 0.6 is 0 Å². The lowest BCUT2D eigenvalue weighted by Gasteiger charge is -2.00. The van der Waals surface area contributed by atoms with Gasteiger partial charge in [0.25, 0.3) is 0 Å². The highest BCUT2D eigenvalue weighted by molar-refractivity contribution is 7.89. The van der Waals surface area contributed by atoms with Crippen LogP contribution in [-0.4, -0.2) is 30.5 Å². The van der Waals surface area contributed by atoms with Crippen molar-refractivity contribution in [1.29, 1.82) is 0 Å². The fourth-order valence-electron chi connectivity index (χ4n) is 1.44. The summed E-state index contributed by atoms with van der Waals surface area (Å²) in [7, 11) is -2.18. The van der Waals surface area contributed by atoms with Crippen molar-refractivity contribution in [3.05, 3.63) is 30.5 Å². The van der Waals surface area contributed by atoms with Crippen LogP contribution in [0.5, 0.6) is 0 Å². The Morgan fingerprint density at radius 3 is 2.89 bits per heavy atom. The molecule has 1 aromatic carbocycles. The molecule has 1 heterocycles. The van der Waals surface area contributed by atoms with E-state index in [2.05, 4.69) is 10.2 Å². The number of nitrogens with zero attached hydrogens (tertiary/aromatic N) is 3. The Balaban J connectivity index is 2.38. The maximum Gasteiger partial charge on any atom is 0.238 e. The molecule has 0 saturated heterocycles. The molecular formula is C10H12N4O3S. The van der Waals surface area contributed by atoms with Crippen LogP contribution in [0.3, 0.4) is 0 Å². The minimum absolute atomic E-state index is 0.0429. The number of methoxy groups -OCH3 is 1. The molecule has 2 rings (SSSR count). The van der Waals surface area contributed by atoms with Crippen molar-refractivity contribution in [3.8, 4) is 11.3 Å². The van der Waals surface area contributed by atoms with E-state index in [0.717, 1.165) is 0 Å². The zero-order chi connectivity index (χ0) is 13.2. The largest absolute Gasteiger partial charge is 0.361 e. The van der Waals surface area contributed by atoms with Crippen molar-refractivity contribution in [2.24, 2.45) is 5.14 Å². The van der Waals surface area contributed by atoms with Gasteiger partial charge < -0.3 is 4.74 Å². The van der Waals surface area contributed by atoms with Crippen LogP contribution < -0.4 is 5.14 Å². The SMILES string of the molecule is COCn1ncc(-c2cccc(S(N)(=O)=O)c2)n1. The van der Waals surface area contributed by atoms with Crippen LogP contribution in [0.15, 0.2) is 35.4 Å². The molecule has 2 N–H and O–H groups in total. The third kappa shape index (κ3) is 2.73. The number of hydrogen-bond acceptors (Lipinski definition) is 5. The fraction of sp³-hybridized carbons (Fsp3) is 0.200. The van der Waals surface area contributed by atoms with Crippen LogP contribution in [-0.2, 0) is 21.5 Å². The van der Waals surface area contributed by atoms with E-state index in [4.69, 9.17) is 9.88 Å². The summed E-state index contributed by atoms with van der Waals surface area (Å²) in [6.07, 6.45) is 1.53. The molecule has 0 aliphatic heterocycles. The zero-order valence-corrected chi connectivity index (χ0v) is 10.5. The maximum absolute atomic E-state index is 11.2. The predicted octanol–water partition coefficient (Wildman–Crippen LogP) is 0.196. The Morgan fingerprint density at radius 1 is 1.44 bits per heavy atom. The van der Waals surface area contributed by atoms with Crippen molar-refractivity contribution in [1.82, 2.24) is 15.0 Å². The van der Waals surface area contributed by atoms with Crippen molar-refractivity contribution < 1.29 is 13.2 Å². The van der Waals surface area contributed by atoms with Gasteiger partial charge >= 0.3 is 0 Å². The first-order chi connectivity index (χ1) is 8.50. The Bertz CT molecular complexity index is 651. The van der Waals surface area contributed by atoms with Crippen molar-refractivity contribution in [2.75, 3.05) is 7.11 Å². The van der Waals surface area contributed by atoms with Gasteiger partial charge in [-0.15, -0.1) is 0 Å². The summed E-state index contributed by atoms with van der Waals surface area (Å²) in [6, 6.07) is 6.22. The van der Waals surface area contributed by atoms with Gasteiger partial charge in [0.1, 0.15) is 5.69 Å². The second-order valence-electron chi connectivity index (χ2n) is 3.59. The molecule has 0 atom stereocenters. The van der Waals surface area contributed by atoms with Gasteiger partial charge in [-0.25, -0.2) is 13.6 Å². The van der Waals surface area contributed by atoms with Crippen LogP contribution in [0.4, 0.5) is 0 Å². The van der Waals surface area contributed by atoms with E-state index in [-0.39, 0.29) is 11.6 Å². The highest BCUT2D eigenvalue weighted by Crippen LogP contribution is 2.19. The predicted molar refractivity (Wildman–Crippen MR) is 63.8 cm³/mol. The number of nitrogens with two attached hydrogens (primary N) is 1. The van der Waals surface area contributed by atoms with Gasteiger partial charge in [-0.05, 0) is 12.1 Å². The van der Waals surface area contributed by atoms with Gasteiger partial charge in [0.15, 0.2) is 6.73 Å². The summed E-state index contributed by atoms with van der Waals surface area (Å²) < 4.78 is 27.4. The van der Waals surface area contributed by atoms with Crippen LogP contribution in [0.2, 0.25) is 0 Å². The van der Waals surface area contributed by atoms with E-state index < -0.39 is 10.0 Å². The van der Waals surface area contributed by atoms with E-state index in [1.165, 1.54) is 30.2 Å². The molecule has 0 radical (unpaired) electrons. The van der Waals surface area contributed by atoms with E-state index in [9.17, 15) is 8.42 Å². The normalized spacial score (nSPS) is 11.7. The molecule has 0 aliphatic rings. The number of primary sulfonamides is 1. The number of sulfonamides is 1. The standard InChI is InChI=1S/C10H12N4O3S/c1-17-7-14-12-6-10(13-14)8-3-2-4-9(5-8)18(11,15)16/h2-6H,7H2,1H3,(H2,11,15,16). The summed E-state index contributed by atoms with van der Waals surface area (Å²) >= 11 is 0. The average molecular weight is 268 g/mol. The van der Waals surface area contributed by atoms with Gasteiger partial charge in [-0.1, -0.05) is 12.1 Å². The molecule has 8 heteroatoms. The summed E-state index contributed by atoms with van der Waals surface area (Å²) in [5.74, 6) is 0. The topological polar surface area (TPSA) is 100 Å². The van der Waals surface area contributed by atoms with E-state index in [1.54, 1.807) is 12.1 Å². The highest BCUT2D eigenvalue weighted by Gasteiger charge is 2.10. The third-order valence-corrected chi connectivity index (χ3v) is 3.15. The van der Waals surface area contributed by atoms with E-state index in [1.807, 2.05) is 0 Å². The lowest BCUT2D eigenvalue weighted by atomic mass is 10.2. The molecule has 7 nitrogen and oxygen atoms in total. The van der Waals surface area contributed by atoms with E-state index in [0.29, 0.717) is 11.3 Å². The van der Waals surface area contributed by atoms with Gasteiger partial charge in [-0.3, -0.25) is 0 Å². The molecule has 0 amide bonds. The van der Waals surface area contributed by atoms with Gasteiger partial charge in [0.2, 0.25) is 10.0 Å². The summed E-state index contributed by atoms with van der Waals surface area (Å²) in [5.41, 5.74) is 1.18. The van der Waals surface area contributed by atoms with Crippen LogP contribution in [0.25, 0.3) is 11.3 Å². The highest BCUT2D eigenvalue weighted by atomic mass is 32.2. The van der Waals surface area contributed by atoms with Crippen LogP contribution in [0, 0.1) is 0 Å². The molecule has 0 aliphatic carbocycles. The molecule has 2 aromatic rings. The number of benzene rings is 1. The Morgan fingerprint density at radius 2 is 2.22 bits per heavy atom. The smallest absolute Gasteiger partial charge is 0.238 e.